The van der Waals surface area contributed by atoms with Gasteiger partial charge in [0.2, 0.25) is 0 Å². The molecule has 1 aromatic rings. The fourth-order valence-corrected chi connectivity index (χ4v) is 3.00. The molecule has 1 N–H and O–H groups in total. The summed E-state index contributed by atoms with van der Waals surface area (Å²) in [6.45, 7) is 4.57. The lowest BCUT2D eigenvalue weighted by atomic mass is 9.90. The Hall–Kier alpha value is -1.30. The van der Waals surface area contributed by atoms with Gasteiger partial charge in [-0.05, 0) is 41.3 Å². The smallest absolute Gasteiger partial charge is 0.308 e. The zero-order valence-electron chi connectivity index (χ0n) is 10.9. The molecule has 0 radical (unpaired) electrons. The summed E-state index contributed by atoms with van der Waals surface area (Å²) in [4.78, 5) is 25.0. The molecule has 0 bridgehead atoms. The minimum atomic E-state index is -0.846. The summed E-state index contributed by atoms with van der Waals surface area (Å²) < 4.78 is 5.85. The molecule has 104 valence electrons. The Balaban J connectivity index is 2.18. The van der Waals surface area contributed by atoms with Crippen molar-refractivity contribution in [2.24, 2.45) is 11.8 Å². The quantitative estimate of drug-likeness (QED) is 0.905. The number of piperidine rings is 1. The Kier molecular flexibility index (Phi) is 3.99. The number of nitrogens with zero attached hydrogens (tertiary/aromatic N) is 1. The highest BCUT2D eigenvalue weighted by Crippen LogP contribution is 2.26. The van der Waals surface area contributed by atoms with E-state index in [2.05, 4.69) is 15.9 Å². The van der Waals surface area contributed by atoms with Crippen molar-refractivity contribution < 1.29 is 19.1 Å². The number of furan rings is 1. The van der Waals surface area contributed by atoms with Crippen LogP contribution in [0.3, 0.4) is 0 Å². The number of carboxylic acids is 1. The average molecular weight is 330 g/mol. The number of halogens is 1. The van der Waals surface area contributed by atoms with Gasteiger partial charge < -0.3 is 14.4 Å². The summed E-state index contributed by atoms with van der Waals surface area (Å²) in [6, 6.07) is 1.73. The predicted octanol–water partition coefficient (Wildman–Crippen LogP) is 2.53. The van der Waals surface area contributed by atoms with Crippen molar-refractivity contribution in [1.29, 1.82) is 0 Å². The van der Waals surface area contributed by atoms with E-state index in [1.807, 2.05) is 6.92 Å². The third-order valence-electron chi connectivity index (χ3n) is 3.38. The number of amides is 1. The Morgan fingerprint density at radius 2 is 2.16 bits per heavy atom. The number of rotatable bonds is 2. The van der Waals surface area contributed by atoms with Crippen LogP contribution >= 0.6 is 15.9 Å². The van der Waals surface area contributed by atoms with E-state index in [9.17, 15) is 9.59 Å². The highest BCUT2D eigenvalue weighted by atomic mass is 79.9. The van der Waals surface area contributed by atoms with Crippen LogP contribution in [0.15, 0.2) is 15.2 Å². The zero-order valence-corrected chi connectivity index (χ0v) is 12.4. The molecule has 0 spiro atoms. The van der Waals surface area contributed by atoms with E-state index in [-0.39, 0.29) is 24.1 Å². The number of hydrogen-bond donors (Lipinski definition) is 1. The Morgan fingerprint density at radius 1 is 1.47 bits per heavy atom. The van der Waals surface area contributed by atoms with Gasteiger partial charge in [-0.2, -0.15) is 0 Å². The monoisotopic (exact) mass is 329 g/mol. The van der Waals surface area contributed by atoms with E-state index in [4.69, 9.17) is 9.52 Å². The van der Waals surface area contributed by atoms with Crippen molar-refractivity contribution in [2.75, 3.05) is 13.1 Å². The highest BCUT2D eigenvalue weighted by Gasteiger charge is 2.33. The first kappa shape index (κ1) is 14.1. The van der Waals surface area contributed by atoms with Gasteiger partial charge in [-0.1, -0.05) is 6.92 Å². The molecule has 6 heteroatoms. The van der Waals surface area contributed by atoms with Crippen LogP contribution in [0, 0.1) is 18.8 Å². The minimum Gasteiger partial charge on any atom is -0.481 e. The normalized spacial score (nSPS) is 23.4. The fraction of sp³-hybridized carbons (Fsp3) is 0.538. The van der Waals surface area contributed by atoms with Gasteiger partial charge in [0.05, 0.1) is 5.92 Å². The second-order valence-corrected chi connectivity index (χ2v) is 5.93. The third kappa shape index (κ3) is 3.00. The number of likely N-dealkylation sites (tertiary alicyclic amines) is 1. The number of carboxylic acid groups (broad SMARTS) is 1. The van der Waals surface area contributed by atoms with Gasteiger partial charge in [-0.3, -0.25) is 9.59 Å². The molecule has 1 aromatic heterocycles. The molecule has 1 saturated heterocycles. The van der Waals surface area contributed by atoms with Crippen molar-refractivity contribution in [2.45, 2.75) is 20.3 Å². The molecule has 19 heavy (non-hydrogen) atoms. The summed E-state index contributed by atoms with van der Waals surface area (Å²) in [7, 11) is 0. The third-order valence-corrected chi connectivity index (χ3v) is 3.77. The summed E-state index contributed by atoms with van der Waals surface area (Å²) in [5.74, 6) is -1.11. The maximum absolute atomic E-state index is 12.4. The maximum Gasteiger partial charge on any atom is 0.308 e. The second kappa shape index (κ2) is 5.36. The van der Waals surface area contributed by atoms with E-state index in [1.165, 1.54) is 0 Å². The predicted molar refractivity (Wildman–Crippen MR) is 72.0 cm³/mol. The molecule has 1 amide bonds. The zero-order chi connectivity index (χ0) is 14.2. The molecule has 1 aliphatic heterocycles. The molecular weight excluding hydrogens is 314 g/mol. The summed E-state index contributed by atoms with van der Waals surface area (Å²) in [5.41, 5.74) is 0.752. The summed E-state index contributed by atoms with van der Waals surface area (Å²) >= 11 is 3.19. The maximum atomic E-state index is 12.4. The van der Waals surface area contributed by atoms with E-state index >= 15 is 0 Å². The lowest BCUT2D eigenvalue weighted by molar-refractivity contribution is -0.143. The van der Waals surface area contributed by atoms with E-state index in [0.29, 0.717) is 17.6 Å². The summed E-state index contributed by atoms with van der Waals surface area (Å²) in [5, 5.41) is 9.12. The molecular formula is C13H16BrNO4. The van der Waals surface area contributed by atoms with Crippen LogP contribution in [0.4, 0.5) is 0 Å². The number of aliphatic carboxylic acids is 1. The Bertz CT molecular complexity index is 511. The fourth-order valence-electron chi connectivity index (χ4n) is 2.50. The standard InChI is InChI=1S/C13H16BrNO4/c1-7-3-9(13(17)18)6-15(5-7)12(16)11-8(2)4-10(14)19-11/h4,7,9H,3,5-6H2,1-2H3,(H,17,18). The molecule has 1 fully saturated rings. The molecule has 0 saturated carbocycles. The van der Waals surface area contributed by atoms with Crippen molar-refractivity contribution in [3.63, 3.8) is 0 Å². The summed E-state index contributed by atoms with van der Waals surface area (Å²) in [6.07, 6.45) is 0.611. The van der Waals surface area contributed by atoms with Crippen molar-refractivity contribution in [1.82, 2.24) is 4.90 Å². The largest absolute Gasteiger partial charge is 0.481 e. The molecule has 0 aliphatic carbocycles. The first-order chi connectivity index (χ1) is 8.88. The first-order valence-corrected chi connectivity index (χ1v) is 6.95. The van der Waals surface area contributed by atoms with Crippen LogP contribution in [-0.2, 0) is 4.79 Å². The van der Waals surface area contributed by atoms with Crippen LogP contribution in [0.2, 0.25) is 0 Å². The van der Waals surface area contributed by atoms with E-state index in [1.54, 1.807) is 17.9 Å². The van der Waals surface area contributed by atoms with Gasteiger partial charge in [0.25, 0.3) is 5.91 Å². The van der Waals surface area contributed by atoms with Gasteiger partial charge >= 0.3 is 5.97 Å². The number of hydrogen-bond acceptors (Lipinski definition) is 3. The molecule has 2 unspecified atom stereocenters. The molecule has 2 rings (SSSR count). The second-order valence-electron chi connectivity index (χ2n) is 5.15. The number of carbonyl (C=O) groups is 2. The van der Waals surface area contributed by atoms with Crippen LogP contribution in [0.25, 0.3) is 0 Å². The highest BCUT2D eigenvalue weighted by molar-refractivity contribution is 9.10. The molecule has 0 aromatic carbocycles. The van der Waals surface area contributed by atoms with Gasteiger partial charge in [0, 0.05) is 18.7 Å². The van der Waals surface area contributed by atoms with Gasteiger partial charge in [0.15, 0.2) is 10.4 Å². The van der Waals surface area contributed by atoms with Gasteiger partial charge in [-0.25, -0.2) is 0 Å². The van der Waals surface area contributed by atoms with Crippen LogP contribution < -0.4 is 0 Å². The Labute approximate surface area is 119 Å². The molecule has 1 aliphatic rings. The topological polar surface area (TPSA) is 70.8 Å². The van der Waals surface area contributed by atoms with E-state index in [0.717, 1.165) is 5.56 Å². The van der Waals surface area contributed by atoms with Gasteiger partial charge in [-0.15, -0.1) is 0 Å². The minimum absolute atomic E-state index is 0.178. The Morgan fingerprint density at radius 3 is 2.68 bits per heavy atom. The average Bonchev–Trinajstić information content (AvgIpc) is 2.66. The lowest BCUT2D eigenvalue weighted by Crippen LogP contribution is -2.45. The van der Waals surface area contributed by atoms with Crippen molar-refractivity contribution >= 4 is 27.8 Å². The SMILES string of the molecule is Cc1cc(Br)oc1C(=O)N1CC(C)CC(C(=O)O)C1. The molecule has 2 heterocycles. The first-order valence-electron chi connectivity index (χ1n) is 6.16. The molecule has 5 nitrogen and oxygen atoms in total. The van der Waals surface area contributed by atoms with Crippen molar-refractivity contribution in [3.05, 3.63) is 22.1 Å². The number of carbonyl (C=O) groups excluding carboxylic acids is 1. The van der Waals surface area contributed by atoms with Crippen molar-refractivity contribution in [3.8, 4) is 0 Å². The van der Waals surface area contributed by atoms with Gasteiger partial charge in [0.1, 0.15) is 0 Å². The molecule has 2 atom stereocenters. The van der Waals surface area contributed by atoms with Crippen LogP contribution in [-0.4, -0.2) is 35.0 Å². The van der Waals surface area contributed by atoms with Crippen LogP contribution in [0.1, 0.15) is 29.5 Å². The number of aryl methyl sites for hydroxylation is 1. The van der Waals surface area contributed by atoms with Crippen LogP contribution in [0.5, 0.6) is 0 Å². The van der Waals surface area contributed by atoms with E-state index < -0.39 is 11.9 Å². The lowest BCUT2D eigenvalue weighted by Gasteiger charge is -2.34.